The first-order valence-electron chi connectivity index (χ1n) is 10.2. The Morgan fingerprint density at radius 3 is 2.32 bits per heavy atom. The molecule has 2 aromatic carbocycles. The maximum Gasteiger partial charge on any atom is 0.270 e. The number of amides is 2. The number of nitrogens with one attached hydrogen (secondary N) is 2. The SMILES string of the molecule is Cc1cc(C)c(NC(=O)CN(C)c2ccnc(C(=O)NCc3ccccc3)c2)c(C)c1. The van der Waals surface area contributed by atoms with Crippen LogP contribution in [0, 0.1) is 20.8 Å². The van der Waals surface area contributed by atoms with Crippen molar-refractivity contribution in [2.45, 2.75) is 27.3 Å². The van der Waals surface area contributed by atoms with Gasteiger partial charge in [-0.05, 0) is 49.6 Å². The van der Waals surface area contributed by atoms with E-state index in [1.54, 1.807) is 23.2 Å². The average Bonchev–Trinajstić information content (AvgIpc) is 2.75. The maximum absolute atomic E-state index is 12.6. The lowest BCUT2D eigenvalue weighted by atomic mass is 10.1. The van der Waals surface area contributed by atoms with Crippen molar-refractivity contribution < 1.29 is 9.59 Å². The summed E-state index contributed by atoms with van der Waals surface area (Å²) in [6, 6.07) is 17.3. The highest BCUT2D eigenvalue weighted by molar-refractivity contribution is 5.96. The lowest BCUT2D eigenvalue weighted by Crippen LogP contribution is -2.31. The molecule has 2 amide bonds. The Bertz CT molecular complexity index is 1060. The van der Waals surface area contributed by atoms with E-state index in [9.17, 15) is 9.59 Å². The lowest BCUT2D eigenvalue weighted by molar-refractivity contribution is -0.114. The first-order valence-corrected chi connectivity index (χ1v) is 10.2. The molecular formula is C25H28N4O2. The van der Waals surface area contributed by atoms with Crippen molar-refractivity contribution in [3.05, 3.63) is 88.7 Å². The molecule has 1 aromatic heterocycles. The van der Waals surface area contributed by atoms with Crippen LogP contribution in [0.25, 0.3) is 0 Å². The van der Waals surface area contributed by atoms with Gasteiger partial charge in [0, 0.05) is 31.2 Å². The third-order valence-corrected chi connectivity index (χ3v) is 5.04. The standard InChI is InChI=1S/C25H28N4O2/c1-17-12-18(2)24(19(3)13-17)28-23(30)16-29(4)21-10-11-26-22(14-21)25(31)27-15-20-8-6-5-7-9-20/h5-14H,15-16H2,1-4H3,(H,27,31)(H,28,30). The molecule has 0 radical (unpaired) electrons. The van der Waals surface area contributed by atoms with Crippen LogP contribution in [-0.2, 0) is 11.3 Å². The minimum atomic E-state index is -0.255. The molecule has 2 N–H and O–H groups in total. The topological polar surface area (TPSA) is 74.3 Å². The maximum atomic E-state index is 12.6. The van der Waals surface area contributed by atoms with Crippen LogP contribution in [0.2, 0.25) is 0 Å². The monoisotopic (exact) mass is 416 g/mol. The van der Waals surface area contributed by atoms with Crippen LogP contribution in [0.15, 0.2) is 60.8 Å². The molecule has 0 bridgehead atoms. The predicted octanol–water partition coefficient (Wildman–Crippen LogP) is 4.01. The minimum Gasteiger partial charge on any atom is -0.365 e. The van der Waals surface area contributed by atoms with E-state index in [4.69, 9.17) is 0 Å². The number of aryl methyl sites for hydroxylation is 3. The molecule has 31 heavy (non-hydrogen) atoms. The Balaban J connectivity index is 1.62. The van der Waals surface area contributed by atoms with Crippen LogP contribution < -0.4 is 15.5 Å². The van der Waals surface area contributed by atoms with E-state index >= 15 is 0 Å². The Labute approximate surface area is 183 Å². The van der Waals surface area contributed by atoms with Crippen LogP contribution in [0.3, 0.4) is 0 Å². The molecule has 0 atom stereocenters. The highest BCUT2D eigenvalue weighted by Crippen LogP contribution is 2.22. The number of hydrogen-bond donors (Lipinski definition) is 2. The summed E-state index contributed by atoms with van der Waals surface area (Å²) >= 11 is 0. The van der Waals surface area contributed by atoms with Gasteiger partial charge in [-0.3, -0.25) is 14.6 Å². The molecule has 0 unspecified atom stereocenters. The van der Waals surface area contributed by atoms with E-state index < -0.39 is 0 Å². The van der Waals surface area contributed by atoms with Gasteiger partial charge in [0.25, 0.3) is 5.91 Å². The highest BCUT2D eigenvalue weighted by Gasteiger charge is 2.14. The Morgan fingerprint density at radius 1 is 0.968 bits per heavy atom. The lowest BCUT2D eigenvalue weighted by Gasteiger charge is -2.20. The smallest absolute Gasteiger partial charge is 0.270 e. The molecule has 0 aliphatic carbocycles. The van der Waals surface area contributed by atoms with Crippen molar-refractivity contribution in [2.24, 2.45) is 0 Å². The molecule has 0 saturated carbocycles. The van der Waals surface area contributed by atoms with E-state index in [0.717, 1.165) is 28.1 Å². The zero-order chi connectivity index (χ0) is 22.4. The number of carbonyl (C=O) groups is 2. The molecule has 0 fully saturated rings. The largest absolute Gasteiger partial charge is 0.365 e. The van der Waals surface area contributed by atoms with E-state index in [-0.39, 0.29) is 18.4 Å². The van der Waals surface area contributed by atoms with Gasteiger partial charge >= 0.3 is 0 Å². The second kappa shape index (κ2) is 9.89. The van der Waals surface area contributed by atoms with Crippen molar-refractivity contribution in [2.75, 3.05) is 23.8 Å². The quantitative estimate of drug-likeness (QED) is 0.610. The number of carbonyl (C=O) groups excluding carboxylic acids is 2. The average molecular weight is 417 g/mol. The third-order valence-electron chi connectivity index (χ3n) is 5.04. The summed E-state index contributed by atoms with van der Waals surface area (Å²) in [6.45, 7) is 6.60. The number of hydrogen-bond acceptors (Lipinski definition) is 4. The van der Waals surface area contributed by atoms with Crippen molar-refractivity contribution in [3.63, 3.8) is 0 Å². The Morgan fingerprint density at radius 2 is 1.65 bits per heavy atom. The fraction of sp³-hybridized carbons (Fsp3) is 0.240. The summed E-state index contributed by atoms with van der Waals surface area (Å²) in [5, 5.41) is 5.88. The number of pyridine rings is 1. The summed E-state index contributed by atoms with van der Waals surface area (Å²) in [4.78, 5) is 31.1. The first kappa shape index (κ1) is 22.0. The van der Waals surface area contributed by atoms with Crippen molar-refractivity contribution >= 4 is 23.2 Å². The predicted molar refractivity (Wildman–Crippen MR) is 124 cm³/mol. The fourth-order valence-electron chi connectivity index (χ4n) is 3.51. The summed E-state index contributed by atoms with van der Waals surface area (Å²) in [5.74, 6) is -0.376. The Kier molecular flexibility index (Phi) is 7.03. The van der Waals surface area contributed by atoms with Crippen LogP contribution >= 0.6 is 0 Å². The summed E-state index contributed by atoms with van der Waals surface area (Å²) in [7, 11) is 1.81. The summed E-state index contributed by atoms with van der Waals surface area (Å²) in [5.41, 5.74) is 6.16. The van der Waals surface area contributed by atoms with Gasteiger partial charge in [-0.15, -0.1) is 0 Å². The van der Waals surface area contributed by atoms with Gasteiger partial charge in [0.2, 0.25) is 5.91 Å². The fourth-order valence-corrected chi connectivity index (χ4v) is 3.51. The second-order valence-corrected chi connectivity index (χ2v) is 7.75. The molecule has 3 rings (SSSR count). The molecule has 0 aliphatic heterocycles. The molecule has 6 heteroatoms. The first-order chi connectivity index (χ1) is 14.8. The highest BCUT2D eigenvalue weighted by atomic mass is 16.2. The van der Waals surface area contributed by atoms with Crippen molar-refractivity contribution in [1.82, 2.24) is 10.3 Å². The molecule has 1 heterocycles. The molecule has 6 nitrogen and oxygen atoms in total. The molecule has 160 valence electrons. The zero-order valence-corrected chi connectivity index (χ0v) is 18.4. The van der Waals surface area contributed by atoms with Gasteiger partial charge in [0.1, 0.15) is 5.69 Å². The van der Waals surface area contributed by atoms with Gasteiger partial charge in [0.05, 0.1) is 6.54 Å². The van der Waals surface area contributed by atoms with Crippen LogP contribution in [-0.4, -0.2) is 30.4 Å². The summed E-state index contributed by atoms with van der Waals surface area (Å²) < 4.78 is 0. The van der Waals surface area contributed by atoms with Crippen LogP contribution in [0.5, 0.6) is 0 Å². The van der Waals surface area contributed by atoms with Crippen LogP contribution in [0.4, 0.5) is 11.4 Å². The molecular weight excluding hydrogens is 388 g/mol. The van der Waals surface area contributed by atoms with Crippen molar-refractivity contribution in [1.29, 1.82) is 0 Å². The van der Waals surface area contributed by atoms with Gasteiger partial charge in [-0.1, -0.05) is 48.0 Å². The zero-order valence-electron chi connectivity index (χ0n) is 18.4. The van der Waals surface area contributed by atoms with Crippen LogP contribution in [0.1, 0.15) is 32.7 Å². The van der Waals surface area contributed by atoms with Gasteiger partial charge in [-0.2, -0.15) is 0 Å². The normalized spacial score (nSPS) is 10.5. The van der Waals surface area contributed by atoms with E-state index in [1.807, 2.05) is 58.2 Å². The number of rotatable bonds is 7. The van der Waals surface area contributed by atoms with Gasteiger partial charge in [-0.25, -0.2) is 0 Å². The Hall–Kier alpha value is -3.67. The third kappa shape index (κ3) is 5.92. The van der Waals surface area contributed by atoms with E-state index in [0.29, 0.717) is 12.2 Å². The van der Waals surface area contributed by atoms with E-state index in [1.165, 1.54) is 5.56 Å². The molecule has 0 saturated heterocycles. The number of aromatic nitrogens is 1. The van der Waals surface area contributed by atoms with E-state index in [2.05, 4.69) is 27.8 Å². The molecule has 3 aromatic rings. The number of likely N-dealkylation sites (N-methyl/N-ethyl adjacent to an activating group) is 1. The number of benzene rings is 2. The van der Waals surface area contributed by atoms with Crippen molar-refractivity contribution in [3.8, 4) is 0 Å². The number of nitrogens with zero attached hydrogens (tertiary/aromatic N) is 2. The van der Waals surface area contributed by atoms with Gasteiger partial charge < -0.3 is 15.5 Å². The number of anilines is 2. The summed E-state index contributed by atoms with van der Waals surface area (Å²) in [6.07, 6.45) is 1.58. The molecule has 0 spiro atoms. The van der Waals surface area contributed by atoms with Gasteiger partial charge in [0.15, 0.2) is 0 Å². The molecule has 0 aliphatic rings. The minimum absolute atomic E-state index is 0.121. The second-order valence-electron chi connectivity index (χ2n) is 7.75.